The highest BCUT2D eigenvalue weighted by Crippen LogP contribution is 2.46. The normalized spacial score (nSPS) is 25.9. The van der Waals surface area contributed by atoms with Gasteiger partial charge in [-0.15, -0.1) is 0 Å². The molecule has 17 heteroatoms. The third-order valence-electron chi connectivity index (χ3n) is 10.3. The Kier molecular flexibility index (Phi) is 11.8. The quantitative estimate of drug-likeness (QED) is 0.298. The maximum Gasteiger partial charge on any atom is 0.410 e. The number of nitrogens with one attached hydrogen (secondary N) is 4. The molecule has 5 atom stereocenters. The van der Waals surface area contributed by atoms with E-state index in [1.807, 2.05) is 30.3 Å². The van der Waals surface area contributed by atoms with E-state index in [9.17, 15) is 32.4 Å². The van der Waals surface area contributed by atoms with E-state index in [2.05, 4.69) is 20.1 Å². The van der Waals surface area contributed by atoms with Gasteiger partial charge in [0.15, 0.2) is 0 Å². The van der Waals surface area contributed by atoms with Crippen molar-refractivity contribution in [2.24, 2.45) is 5.92 Å². The molecule has 5 amide bonds. The highest BCUT2D eigenvalue weighted by atomic mass is 32.2. The number of benzene rings is 2. The Hall–Kier alpha value is -5.32. The molecule has 3 heterocycles. The predicted molar refractivity (Wildman–Crippen MR) is 204 cm³/mol. The van der Waals surface area contributed by atoms with E-state index in [1.165, 1.54) is 29.0 Å². The van der Waals surface area contributed by atoms with Crippen molar-refractivity contribution in [3.8, 4) is 5.75 Å². The standard InChI is InChI=1S/C39H50N6O10S/c1-38(2,3)55-36(49)40-31-15-9-7-5-6-8-14-27-21-39(27,35(48)43-56(51,52)42-28-16-18-29(53-4)19-17-28)41-33(46)32-20-30(24-45(32)34(31)47)54-37(50)44-22-25-12-10-11-13-26(25)23-44/h8,10-14,16-19,27,30-32,42H,5-7,9,15,20-24H2,1-4H3,(H,40,49)(H,41,46)(H,43,48)/b14-8-/t27-,30-,31+,32+,39-/m1/s1. The van der Waals surface area contributed by atoms with Crippen molar-refractivity contribution in [1.82, 2.24) is 25.2 Å². The lowest BCUT2D eigenvalue weighted by Gasteiger charge is -2.30. The largest absolute Gasteiger partial charge is 0.497 e. The van der Waals surface area contributed by atoms with Crippen LogP contribution < -0.4 is 24.8 Å². The number of anilines is 1. The third kappa shape index (κ3) is 9.72. The number of nitrogens with zero attached hydrogens (tertiary/aromatic N) is 2. The number of allylic oxidation sites excluding steroid dienone is 1. The minimum atomic E-state index is -4.45. The zero-order valence-electron chi connectivity index (χ0n) is 32.0. The molecule has 16 nitrogen and oxygen atoms in total. The molecule has 0 radical (unpaired) electrons. The van der Waals surface area contributed by atoms with Crippen molar-refractivity contribution in [2.75, 3.05) is 18.4 Å². The molecular formula is C39H50N6O10S. The van der Waals surface area contributed by atoms with Crippen LogP contribution in [0.5, 0.6) is 5.75 Å². The van der Waals surface area contributed by atoms with Crippen molar-refractivity contribution < 1.29 is 46.6 Å². The van der Waals surface area contributed by atoms with Crippen molar-refractivity contribution in [3.05, 3.63) is 71.8 Å². The van der Waals surface area contributed by atoms with Gasteiger partial charge >= 0.3 is 22.4 Å². The molecule has 0 unspecified atom stereocenters. The van der Waals surface area contributed by atoms with Gasteiger partial charge in [0.25, 0.3) is 5.91 Å². The first-order valence-corrected chi connectivity index (χ1v) is 20.3. The molecule has 1 saturated heterocycles. The summed E-state index contributed by atoms with van der Waals surface area (Å²) < 4.78 is 47.2. The minimum Gasteiger partial charge on any atom is -0.497 e. The highest BCUT2D eigenvalue weighted by Gasteiger charge is 2.61. The van der Waals surface area contributed by atoms with E-state index >= 15 is 0 Å². The van der Waals surface area contributed by atoms with Crippen molar-refractivity contribution in [2.45, 2.75) is 108 Å². The van der Waals surface area contributed by atoms with Gasteiger partial charge in [0, 0.05) is 25.4 Å². The maximum atomic E-state index is 14.4. The van der Waals surface area contributed by atoms with Crippen LogP contribution in [-0.2, 0) is 47.2 Å². The van der Waals surface area contributed by atoms with Gasteiger partial charge in [-0.2, -0.15) is 8.42 Å². The molecule has 6 rings (SSSR count). The summed E-state index contributed by atoms with van der Waals surface area (Å²) in [4.78, 5) is 71.8. The molecule has 3 aliphatic heterocycles. The summed E-state index contributed by atoms with van der Waals surface area (Å²) in [6.45, 7) is 5.65. The number of carbonyl (C=O) groups is 5. The number of fused-ring (bicyclic) bond motifs is 3. The van der Waals surface area contributed by atoms with E-state index in [-0.39, 0.29) is 31.5 Å². The van der Waals surface area contributed by atoms with Gasteiger partial charge in [0.1, 0.15) is 35.1 Å². The lowest BCUT2D eigenvalue weighted by Crippen LogP contribution is -2.58. The van der Waals surface area contributed by atoms with Crippen LogP contribution in [0.4, 0.5) is 15.3 Å². The second kappa shape index (κ2) is 16.4. The molecule has 1 saturated carbocycles. The molecule has 4 aliphatic rings. The Morgan fingerprint density at radius 2 is 1.66 bits per heavy atom. The maximum absolute atomic E-state index is 14.4. The van der Waals surface area contributed by atoms with Crippen LogP contribution in [0, 0.1) is 5.92 Å². The van der Waals surface area contributed by atoms with Gasteiger partial charge in [-0.25, -0.2) is 14.3 Å². The molecule has 0 spiro atoms. The first-order chi connectivity index (χ1) is 26.6. The van der Waals surface area contributed by atoms with Crippen LogP contribution in [0.25, 0.3) is 0 Å². The zero-order chi connectivity index (χ0) is 40.3. The predicted octanol–water partition coefficient (Wildman–Crippen LogP) is 3.88. The van der Waals surface area contributed by atoms with Gasteiger partial charge in [0.2, 0.25) is 11.8 Å². The number of carbonyl (C=O) groups excluding carboxylic acids is 5. The number of hydrogen-bond acceptors (Lipinski definition) is 10. The Balaban J connectivity index is 1.24. The van der Waals surface area contributed by atoms with Gasteiger partial charge in [-0.05, 0) is 81.8 Å². The van der Waals surface area contributed by atoms with Crippen molar-refractivity contribution in [1.29, 1.82) is 0 Å². The number of methoxy groups -OCH3 is 1. The van der Waals surface area contributed by atoms with E-state index in [0.717, 1.165) is 24.0 Å². The number of ether oxygens (including phenoxy) is 3. The fourth-order valence-electron chi connectivity index (χ4n) is 7.35. The fraction of sp³-hybridized carbons (Fsp3) is 0.513. The Bertz CT molecular complexity index is 1940. The number of hydrogen-bond donors (Lipinski definition) is 4. The topological polar surface area (TPSA) is 202 Å². The molecular weight excluding hydrogens is 745 g/mol. The lowest BCUT2D eigenvalue weighted by atomic mass is 10.0. The molecule has 0 aromatic heterocycles. The molecule has 56 heavy (non-hydrogen) atoms. The van der Waals surface area contributed by atoms with E-state index in [4.69, 9.17) is 14.2 Å². The molecule has 4 N–H and O–H groups in total. The summed E-state index contributed by atoms with van der Waals surface area (Å²) in [5.74, 6) is -2.30. The lowest BCUT2D eigenvalue weighted by molar-refractivity contribution is -0.141. The van der Waals surface area contributed by atoms with E-state index < -0.39 is 75.4 Å². The molecule has 2 aromatic carbocycles. The number of alkyl carbamates (subject to hydrolysis) is 1. The highest BCUT2D eigenvalue weighted by molar-refractivity contribution is 7.91. The molecule has 0 bridgehead atoms. The Morgan fingerprint density at radius 1 is 0.964 bits per heavy atom. The SMILES string of the molecule is COc1ccc(NS(=O)(=O)NC(=O)[C@@]23C[C@H]2/C=C\CCCCC[C@H](NC(=O)OC(C)(C)C)C(=O)N2C[C@H](OC(=O)N4Cc5ccccc5C4)C[C@H]2C(=O)N3)cc1. The van der Waals surface area contributed by atoms with E-state index in [1.54, 1.807) is 39.0 Å². The first-order valence-electron chi connectivity index (χ1n) is 18.9. The van der Waals surface area contributed by atoms with Gasteiger partial charge in [-0.1, -0.05) is 49.3 Å². The smallest absolute Gasteiger partial charge is 0.410 e. The van der Waals surface area contributed by atoms with E-state index in [0.29, 0.717) is 31.7 Å². The summed E-state index contributed by atoms with van der Waals surface area (Å²) in [7, 11) is -2.98. The van der Waals surface area contributed by atoms with Crippen LogP contribution in [0.2, 0.25) is 0 Å². The monoisotopic (exact) mass is 794 g/mol. The third-order valence-corrected chi connectivity index (χ3v) is 11.2. The van der Waals surface area contributed by atoms with Crippen LogP contribution in [0.3, 0.4) is 0 Å². The molecule has 2 fully saturated rings. The second-order valence-electron chi connectivity index (χ2n) is 15.7. The Labute approximate surface area is 326 Å². The minimum absolute atomic E-state index is 0.0984. The van der Waals surface area contributed by atoms with Crippen LogP contribution in [-0.4, -0.2) is 91.1 Å². The zero-order valence-corrected chi connectivity index (χ0v) is 32.9. The van der Waals surface area contributed by atoms with Crippen LogP contribution in [0.15, 0.2) is 60.7 Å². The second-order valence-corrected chi connectivity index (χ2v) is 17.1. The summed E-state index contributed by atoms with van der Waals surface area (Å²) >= 11 is 0. The van der Waals surface area contributed by atoms with Crippen LogP contribution in [0.1, 0.15) is 76.8 Å². The van der Waals surface area contributed by atoms with Gasteiger partial charge in [-0.3, -0.25) is 24.0 Å². The Morgan fingerprint density at radius 3 is 2.32 bits per heavy atom. The fourth-order valence-corrected chi connectivity index (χ4v) is 8.27. The summed E-state index contributed by atoms with van der Waals surface area (Å²) in [6.07, 6.45) is 4.33. The summed E-state index contributed by atoms with van der Waals surface area (Å²) in [6, 6.07) is 11.4. The molecule has 1 aliphatic carbocycles. The summed E-state index contributed by atoms with van der Waals surface area (Å²) in [5.41, 5.74) is -0.326. The van der Waals surface area contributed by atoms with Gasteiger partial charge < -0.3 is 29.7 Å². The van der Waals surface area contributed by atoms with Crippen molar-refractivity contribution >= 4 is 45.8 Å². The van der Waals surface area contributed by atoms with Gasteiger partial charge in [0.05, 0.1) is 19.3 Å². The van der Waals surface area contributed by atoms with Crippen LogP contribution >= 0.6 is 0 Å². The average molecular weight is 795 g/mol. The average Bonchev–Trinajstić information content (AvgIpc) is 3.43. The first kappa shape index (κ1) is 40.3. The molecule has 2 aromatic rings. The van der Waals surface area contributed by atoms with Crippen molar-refractivity contribution in [3.63, 3.8) is 0 Å². The number of rotatable bonds is 7. The number of amides is 5. The summed E-state index contributed by atoms with van der Waals surface area (Å²) in [5, 5.41) is 5.48. The molecule has 302 valence electrons.